The minimum Gasteiger partial charge on any atom is -0.273 e. The van der Waals surface area contributed by atoms with Crippen LogP contribution in [-0.4, -0.2) is 12.1 Å². The van der Waals surface area contributed by atoms with Crippen molar-refractivity contribution in [1.82, 2.24) is 5.43 Å². The lowest BCUT2D eigenvalue weighted by atomic mass is 10.0. The Kier molecular flexibility index (Phi) is 15.6. The molecule has 0 atom stereocenters. The summed E-state index contributed by atoms with van der Waals surface area (Å²) in [6.45, 7) is 2.25. The van der Waals surface area contributed by atoms with Gasteiger partial charge in [0, 0.05) is 12.0 Å². The molecule has 1 aromatic carbocycles. The number of hydrazone groups is 1. The zero-order chi connectivity index (χ0) is 23.5. The lowest BCUT2D eigenvalue weighted by Crippen LogP contribution is -2.17. The number of alkyl halides is 3. The normalized spacial score (nSPS) is 11.9. The summed E-state index contributed by atoms with van der Waals surface area (Å²) in [5.74, 6) is -0.263. The van der Waals surface area contributed by atoms with Crippen LogP contribution in [0.2, 0.25) is 0 Å². The van der Waals surface area contributed by atoms with Crippen molar-refractivity contribution in [3.05, 3.63) is 35.4 Å². The predicted octanol–water partition coefficient (Wildman–Crippen LogP) is 8.42. The van der Waals surface area contributed by atoms with Gasteiger partial charge < -0.3 is 0 Å². The Labute approximate surface area is 192 Å². The second kappa shape index (κ2) is 17.7. The van der Waals surface area contributed by atoms with Crippen molar-refractivity contribution in [1.29, 1.82) is 0 Å². The molecule has 182 valence electrons. The van der Waals surface area contributed by atoms with Gasteiger partial charge in [-0.05, 0) is 12.5 Å². The molecule has 1 aromatic rings. The molecule has 0 aliphatic heterocycles. The van der Waals surface area contributed by atoms with Crippen molar-refractivity contribution in [2.45, 2.75) is 116 Å². The van der Waals surface area contributed by atoms with Crippen LogP contribution >= 0.6 is 0 Å². The SMILES string of the molecule is CCCCCCCCCCCCCCCCCC(=O)NN=Cc1ccccc1C(F)(F)F. The van der Waals surface area contributed by atoms with E-state index in [9.17, 15) is 18.0 Å². The van der Waals surface area contributed by atoms with Crippen LogP contribution in [0.25, 0.3) is 0 Å². The molecule has 1 N–H and O–H groups in total. The number of unbranched alkanes of at least 4 members (excludes halogenated alkanes) is 14. The summed E-state index contributed by atoms with van der Waals surface area (Å²) in [7, 11) is 0. The third-order valence-electron chi connectivity index (χ3n) is 5.67. The number of nitrogens with zero attached hydrogens (tertiary/aromatic N) is 1. The minimum absolute atomic E-state index is 0.0627. The second-order valence-electron chi connectivity index (χ2n) is 8.58. The van der Waals surface area contributed by atoms with E-state index in [1.807, 2.05) is 0 Å². The monoisotopic (exact) mass is 454 g/mol. The van der Waals surface area contributed by atoms with Crippen molar-refractivity contribution >= 4 is 12.1 Å². The van der Waals surface area contributed by atoms with Gasteiger partial charge in [0.15, 0.2) is 0 Å². The first-order chi connectivity index (χ1) is 15.4. The molecule has 0 fully saturated rings. The highest BCUT2D eigenvalue weighted by Crippen LogP contribution is 2.31. The number of hydrogen-bond acceptors (Lipinski definition) is 2. The van der Waals surface area contributed by atoms with Crippen LogP contribution in [-0.2, 0) is 11.0 Å². The van der Waals surface area contributed by atoms with E-state index in [0.29, 0.717) is 6.42 Å². The van der Waals surface area contributed by atoms with E-state index in [1.165, 1.54) is 95.2 Å². The van der Waals surface area contributed by atoms with E-state index in [-0.39, 0.29) is 11.5 Å². The van der Waals surface area contributed by atoms with Gasteiger partial charge in [-0.3, -0.25) is 4.79 Å². The first-order valence-electron chi connectivity index (χ1n) is 12.4. The van der Waals surface area contributed by atoms with Crippen LogP contribution in [0.5, 0.6) is 0 Å². The zero-order valence-electron chi connectivity index (χ0n) is 19.7. The van der Waals surface area contributed by atoms with Gasteiger partial charge in [-0.15, -0.1) is 0 Å². The summed E-state index contributed by atoms with van der Waals surface area (Å²) in [5.41, 5.74) is 1.50. The van der Waals surface area contributed by atoms with Crippen LogP contribution < -0.4 is 5.43 Å². The van der Waals surface area contributed by atoms with Gasteiger partial charge in [0.2, 0.25) is 5.91 Å². The minimum atomic E-state index is -4.44. The molecule has 0 radical (unpaired) electrons. The topological polar surface area (TPSA) is 41.5 Å². The summed E-state index contributed by atoms with van der Waals surface area (Å²) >= 11 is 0. The van der Waals surface area contributed by atoms with Crippen LogP contribution in [0.4, 0.5) is 13.2 Å². The molecule has 0 aromatic heterocycles. The van der Waals surface area contributed by atoms with E-state index in [1.54, 1.807) is 0 Å². The van der Waals surface area contributed by atoms with E-state index >= 15 is 0 Å². The van der Waals surface area contributed by atoms with Crippen molar-refractivity contribution in [3.63, 3.8) is 0 Å². The summed E-state index contributed by atoms with van der Waals surface area (Å²) in [5, 5.41) is 3.68. The van der Waals surface area contributed by atoms with Gasteiger partial charge in [-0.2, -0.15) is 18.3 Å². The highest BCUT2D eigenvalue weighted by Gasteiger charge is 2.32. The summed E-state index contributed by atoms with van der Waals surface area (Å²) in [4.78, 5) is 11.8. The molecule has 0 aliphatic carbocycles. The molecular formula is C26H41F3N2O. The fourth-order valence-electron chi connectivity index (χ4n) is 3.75. The number of carbonyl (C=O) groups is 1. The zero-order valence-corrected chi connectivity index (χ0v) is 19.7. The molecule has 32 heavy (non-hydrogen) atoms. The highest BCUT2D eigenvalue weighted by molar-refractivity contribution is 5.84. The molecule has 0 saturated heterocycles. The van der Waals surface area contributed by atoms with Crippen molar-refractivity contribution in [2.75, 3.05) is 0 Å². The van der Waals surface area contributed by atoms with Crippen LogP contribution in [0.15, 0.2) is 29.4 Å². The van der Waals surface area contributed by atoms with E-state index < -0.39 is 11.7 Å². The molecule has 0 saturated carbocycles. The fraction of sp³-hybridized carbons (Fsp3) is 0.692. The van der Waals surface area contributed by atoms with E-state index in [2.05, 4.69) is 17.5 Å². The first-order valence-corrected chi connectivity index (χ1v) is 12.4. The maximum absolute atomic E-state index is 12.9. The van der Waals surface area contributed by atoms with Crippen molar-refractivity contribution in [2.24, 2.45) is 5.10 Å². The Morgan fingerprint density at radius 2 is 1.28 bits per heavy atom. The Morgan fingerprint density at radius 3 is 1.78 bits per heavy atom. The number of hydrogen-bond donors (Lipinski definition) is 1. The number of benzene rings is 1. The molecule has 1 amide bonds. The summed E-state index contributed by atoms with van der Waals surface area (Å²) in [6, 6.07) is 5.16. The standard InChI is InChI=1S/C26H41F3N2O/c1-2-3-4-5-6-7-8-9-10-11-12-13-14-15-16-21-25(32)31-30-22-23-19-17-18-20-24(23)26(27,28)29/h17-20,22H,2-16,21H2,1H3,(H,31,32). The molecule has 0 heterocycles. The lowest BCUT2D eigenvalue weighted by molar-refractivity contribution is -0.137. The third kappa shape index (κ3) is 14.3. The molecule has 1 rings (SSSR count). The van der Waals surface area contributed by atoms with Gasteiger partial charge in [0.1, 0.15) is 0 Å². The van der Waals surface area contributed by atoms with Crippen molar-refractivity contribution < 1.29 is 18.0 Å². The lowest BCUT2D eigenvalue weighted by Gasteiger charge is -2.09. The summed E-state index contributed by atoms with van der Waals surface area (Å²) < 4.78 is 38.8. The maximum atomic E-state index is 12.9. The van der Waals surface area contributed by atoms with Gasteiger partial charge >= 0.3 is 6.18 Å². The van der Waals surface area contributed by atoms with Crippen LogP contribution in [0.3, 0.4) is 0 Å². The first kappa shape index (κ1) is 28.2. The molecule has 0 unspecified atom stereocenters. The van der Waals surface area contributed by atoms with Gasteiger partial charge in [0.25, 0.3) is 0 Å². The average molecular weight is 455 g/mol. The Morgan fingerprint density at radius 1 is 0.812 bits per heavy atom. The van der Waals surface area contributed by atoms with Crippen LogP contribution in [0.1, 0.15) is 121 Å². The number of carbonyl (C=O) groups excluding carboxylic acids is 1. The largest absolute Gasteiger partial charge is 0.417 e. The summed E-state index contributed by atoms with van der Waals surface area (Å²) in [6.07, 6.45) is 15.9. The number of amides is 1. The number of nitrogens with one attached hydrogen (secondary N) is 1. The number of rotatable bonds is 18. The van der Waals surface area contributed by atoms with Gasteiger partial charge in [0.05, 0.1) is 11.8 Å². The molecule has 0 aliphatic rings. The molecule has 0 spiro atoms. The molecular weight excluding hydrogens is 413 g/mol. The quantitative estimate of drug-likeness (QED) is 0.135. The van der Waals surface area contributed by atoms with E-state index in [0.717, 1.165) is 31.5 Å². The Hall–Kier alpha value is -1.85. The predicted molar refractivity (Wildman–Crippen MR) is 127 cm³/mol. The van der Waals surface area contributed by atoms with Gasteiger partial charge in [-0.25, -0.2) is 5.43 Å². The molecule has 6 heteroatoms. The average Bonchev–Trinajstić information content (AvgIpc) is 2.76. The van der Waals surface area contributed by atoms with E-state index in [4.69, 9.17) is 0 Å². The molecule has 3 nitrogen and oxygen atoms in total. The number of halogens is 3. The molecule has 0 bridgehead atoms. The second-order valence-corrected chi connectivity index (χ2v) is 8.58. The fourth-order valence-corrected chi connectivity index (χ4v) is 3.75. The smallest absolute Gasteiger partial charge is 0.273 e. The van der Waals surface area contributed by atoms with Gasteiger partial charge in [-0.1, -0.05) is 115 Å². The Balaban J connectivity index is 1.98. The van der Waals surface area contributed by atoms with Crippen LogP contribution in [0, 0.1) is 0 Å². The Bertz CT molecular complexity index is 644. The maximum Gasteiger partial charge on any atom is 0.417 e. The van der Waals surface area contributed by atoms with Crippen molar-refractivity contribution in [3.8, 4) is 0 Å². The third-order valence-corrected chi connectivity index (χ3v) is 5.67. The highest BCUT2D eigenvalue weighted by atomic mass is 19.4.